The van der Waals surface area contributed by atoms with E-state index < -0.39 is 0 Å². The first-order valence-electron chi connectivity index (χ1n) is 4.23. The van der Waals surface area contributed by atoms with E-state index in [0.717, 1.165) is 0 Å². The van der Waals surface area contributed by atoms with Gasteiger partial charge in [-0.3, -0.25) is 4.79 Å². The van der Waals surface area contributed by atoms with Crippen molar-refractivity contribution in [2.24, 2.45) is 0 Å². The number of nitrogens with one attached hydrogen (secondary N) is 2. The molecule has 0 atom stereocenters. The number of hydrogen-bond acceptors (Lipinski definition) is 2. The second-order valence-electron chi connectivity index (χ2n) is 3.61. The van der Waals surface area contributed by atoms with E-state index >= 15 is 0 Å². The second-order valence-corrected chi connectivity index (χ2v) is 3.61. The van der Waals surface area contributed by atoms with Crippen molar-refractivity contribution < 1.29 is 9.53 Å². The summed E-state index contributed by atoms with van der Waals surface area (Å²) in [7, 11) is 0. The fourth-order valence-corrected chi connectivity index (χ4v) is 1.29. The van der Waals surface area contributed by atoms with Crippen LogP contribution >= 0.6 is 0 Å². The van der Waals surface area contributed by atoms with Crippen molar-refractivity contribution in [3.05, 3.63) is 24.0 Å². The summed E-state index contributed by atoms with van der Waals surface area (Å²) in [5.74, 6) is -0.0490. The van der Waals surface area contributed by atoms with E-state index in [-0.39, 0.29) is 11.4 Å². The molecule has 70 valence electrons. The minimum Gasteiger partial charge on any atom is -0.376 e. The Morgan fingerprint density at radius 3 is 2.92 bits per heavy atom. The SMILES string of the molecule is CC1(NC(=O)c2cc[nH]c2)COC1. The topological polar surface area (TPSA) is 54.1 Å². The monoisotopic (exact) mass is 180 g/mol. The summed E-state index contributed by atoms with van der Waals surface area (Å²) < 4.78 is 5.03. The highest BCUT2D eigenvalue weighted by atomic mass is 16.5. The number of carbonyl (C=O) groups excluding carboxylic acids is 1. The lowest BCUT2D eigenvalue weighted by atomic mass is 10.0. The largest absolute Gasteiger partial charge is 0.376 e. The lowest BCUT2D eigenvalue weighted by molar-refractivity contribution is -0.0593. The van der Waals surface area contributed by atoms with E-state index in [1.807, 2.05) is 6.92 Å². The summed E-state index contributed by atoms with van der Waals surface area (Å²) in [5, 5.41) is 2.91. The lowest BCUT2D eigenvalue weighted by Gasteiger charge is -2.38. The van der Waals surface area contributed by atoms with Crippen LogP contribution in [0.3, 0.4) is 0 Å². The highest BCUT2D eigenvalue weighted by molar-refractivity contribution is 5.94. The van der Waals surface area contributed by atoms with Crippen LogP contribution in [0.5, 0.6) is 0 Å². The quantitative estimate of drug-likeness (QED) is 0.697. The number of hydrogen-bond donors (Lipinski definition) is 2. The molecule has 2 N–H and O–H groups in total. The van der Waals surface area contributed by atoms with Crippen molar-refractivity contribution >= 4 is 5.91 Å². The Labute approximate surface area is 76.3 Å². The molecule has 1 saturated heterocycles. The van der Waals surface area contributed by atoms with E-state index in [1.165, 1.54) is 0 Å². The predicted octanol–water partition coefficient (Wildman–Crippen LogP) is 0.533. The molecule has 0 aliphatic carbocycles. The summed E-state index contributed by atoms with van der Waals surface area (Å²) in [6.45, 7) is 3.17. The van der Waals surface area contributed by atoms with Gasteiger partial charge in [0.2, 0.25) is 0 Å². The number of H-pyrrole nitrogens is 1. The van der Waals surface area contributed by atoms with Crippen LogP contribution in [0.1, 0.15) is 17.3 Å². The third-order valence-electron chi connectivity index (χ3n) is 2.12. The zero-order chi connectivity index (χ0) is 9.31. The van der Waals surface area contributed by atoms with Crippen LogP contribution in [0.15, 0.2) is 18.5 Å². The van der Waals surface area contributed by atoms with Crippen LogP contribution in [-0.4, -0.2) is 29.6 Å². The number of aromatic nitrogens is 1. The highest BCUT2D eigenvalue weighted by Gasteiger charge is 2.34. The third kappa shape index (κ3) is 1.58. The molecule has 0 bridgehead atoms. The van der Waals surface area contributed by atoms with Gasteiger partial charge in [0.1, 0.15) is 0 Å². The van der Waals surface area contributed by atoms with Crippen molar-refractivity contribution in [2.45, 2.75) is 12.5 Å². The molecule has 13 heavy (non-hydrogen) atoms. The molecule has 1 aliphatic heterocycles. The van der Waals surface area contributed by atoms with Crippen molar-refractivity contribution in [3.8, 4) is 0 Å². The van der Waals surface area contributed by atoms with Crippen LogP contribution < -0.4 is 5.32 Å². The minimum absolute atomic E-state index is 0.0490. The lowest BCUT2D eigenvalue weighted by Crippen LogP contribution is -2.59. The standard InChI is InChI=1S/C9H12N2O2/c1-9(5-13-6-9)11-8(12)7-2-3-10-4-7/h2-4,10H,5-6H2,1H3,(H,11,12). The fraction of sp³-hybridized carbons (Fsp3) is 0.444. The summed E-state index contributed by atoms with van der Waals surface area (Å²) in [4.78, 5) is 14.4. The second kappa shape index (κ2) is 2.88. The number of amides is 1. The molecule has 4 nitrogen and oxygen atoms in total. The first-order valence-corrected chi connectivity index (χ1v) is 4.23. The van der Waals surface area contributed by atoms with Gasteiger partial charge in [-0.1, -0.05) is 0 Å². The first-order chi connectivity index (χ1) is 6.20. The van der Waals surface area contributed by atoms with Gasteiger partial charge in [-0.15, -0.1) is 0 Å². The van der Waals surface area contributed by atoms with Gasteiger partial charge in [0.05, 0.1) is 24.3 Å². The predicted molar refractivity (Wildman–Crippen MR) is 47.5 cm³/mol. The van der Waals surface area contributed by atoms with Gasteiger partial charge in [0.25, 0.3) is 5.91 Å². The number of rotatable bonds is 2. The molecule has 0 spiro atoms. The van der Waals surface area contributed by atoms with Crippen molar-refractivity contribution in [1.82, 2.24) is 10.3 Å². The minimum atomic E-state index is -0.172. The van der Waals surface area contributed by atoms with E-state index in [2.05, 4.69) is 10.3 Å². The molecule has 1 amide bonds. The fourth-order valence-electron chi connectivity index (χ4n) is 1.29. The van der Waals surface area contributed by atoms with Gasteiger partial charge < -0.3 is 15.0 Å². The van der Waals surface area contributed by atoms with Crippen LogP contribution in [0.25, 0.3) is 0 Å². The highest BCUT2D eigenvalue weighted by Crippen LogP contribution is 2.16. The van der Waals surface area contributed by atoms with Crippen LogP contribution in [0.2, 0.25) is 0 Å². The molecule has 4 heteroatoms. The maximum absolute atomic E-state index is 11.5. The van der Waals surface area contributed by atoms with Gasteiger partial charge in [-0.25, -0.2) is 0 Å². The zero-order valence-electron chi connectivity index (χ0n) is 7.46. The van der Waals surface area contributed by atoms with Crippen LogP contribution in [0.4, 0.5) is 0 Å². The molecule has 1 fully saturated rings. The average Bonchev–Trinajstić information content (AvgIpc) is 2.53. The average molecular weight is 180 g/mol. The zero-order valence-corrected chi connectivity index (χ0v) is 7.46. The first kappa shape index (κ1) is 8.31. The number of carbonyl (C=O) groups is 1. The summed E-state index contributed by atoms with van der Waals surface area (Å²) in [5.41, 5.74) is 0.488. The van der Waals surface area contributed by atoms with E-state index in [4.69, 9.17) is 4.74 Å². The third-order valence-corrected chi connectivity index (χ3v) is 2.12. The van der Waals surface area contributed by atoms with Crippen molar-refractivity contribution in [3.63, 3.8) is 0 Å². The van der Waals surface area contributed by atoms with Crippen molar-refractivity contribution in [2.75, 3.05) is 13.2 Å². The Morgan fingerprint density at radius 2 is 2.46 bits per heavy atom. The molecule has 0 unspecified atom stereocenters. The van der Waals surface area contributed by atoms with Gasteiger partial charge in [0, 0.05) is 12.4 Å². The molecule has 1 aromatic heterocycles. The maximum Gasteiger partial charge on any atom is 0.253 e. The molecule has 0 aromatic carbocycles. The van der Waals surface area contributed by atoms with Gasteiger partial charge in [-0.2, -0.15) is 0 Å². The smallest absolute Gasteiger partial charge is 0.253 e. The van der Waals surface area contributed by atoms with E-state index in [9.17, 15) is 4.79 Å². The van der Waals surface area contributed by atoms with Crippen LogP contribution in [0, 0.1) is 0 Å². The van der Waals surface area contributed by atoms with Crippen molar-refractivity contribution in [1.29, 1.82) is 0 Å². The van der Waals surface area contributed by atoms with E-state index in [0.29, 0.717) is 18.8 Å². The van der Waals surface area contributed by atoms with Gasteiger partial charge in [0.15, 0.2) is 0 Å². The Hall–Kier alpha value is -1.29. The molecule has 2 heterocycles. The Bertz CT molecular complexity index is 301. The number of aromatic amines is 1. The maximum atomic E-state index is 11.5. The molecular weight excluding hydrogens is 168 g/mol. The molecule has 0 saturated carbocycles. The molecule has 1 aromatic rings. The molecule has 1 aliphatic rings. The van der Waals surface area contributed by atoms with Crippen LogP contribution in [-0.2, 0) is 4.74 Å². The Balaban J connectivity index is 1.99. The summed E-state index contributed by atoms with van der Waals surface area (Å²) in [6.07, 6.45) is 3.41. The molecular formula is C9H12N2O2. The van der Waals surface area contributed by atoms with Gasteiger partial charge in [-0.05, 0) is 13.0 Å². The Kier molecular flexibility index (Phi) is 1.84. The summed E-state index contributed by atoms with van der Waals surface area (Å²) in [6, 6.07) is 1.75. The normalized spacial score (nSPS) is 19.2. The Morgan fingerprint density at radius 1 is 1.69 bits per heavy atom. The molecule has 2 rings (SSSR count). The number of ether oxygens (including phenoxy) is 1. The molecule has 0 radical (unpaired) electrons. The summed E-state index contributed by atoms with van der Waals surface area (Å²) >= 11 is 0. The van der Waals surface area contributed by atoms with E-state index in [1.54, 1.807) is 18.5 Å². The van der Waals surface area contributed by atoms with Gasteiger partial charge >= 0.3 is 0 Å².